The zero-order valence-corrected chi connectivity index (χ0v) is 34.5. The van der Waals surface area contributed by atoms with Crippen LogP contribution >= 0.6 is 0 Å². The number of aryl methyl sites for hydroxylation is 1. The van der Waals surface area contributed by atoms with Crippen LogP contribution in [0.2, 0.25) is 0 Å². The number of benzene rings is 5. The molecule has 304 valence electrons. The number of carbonyl (C=O) groups is 3. The van der Waals surface area contributed by atoms with Crippen molar-refractivity contribution in [3.63, 3.8) is 0 Å². The maximum absolute atomic E-state index is 13.6. The van der Waals surface area contributed by atoms with Crippen molar-refractivity contribution in [1.29, 1.82) is 0 Å². The number of nitrogens with zero attached hydrogens (tertiary/aromatic N) is 4. The lowest BCUT2D eigenvalue weighted by Crippen LogP contribution is -2.24. The summed E-state index contributed by atoms with van der Waals surface area (Å²) in [4.78, 5) is 41.9. The maximum atomic E-state index is 13.6. The predicted octanol–water partition coefficient (Wildman–Crippen LogP) is 10.7. The van der Waals surface area contributed by atoms with Crippen molar-refractivity contribution in [2.45, 2.75) is 90.7 Å². The molecule has 0 spiro atoms. The van der Waals surface area contributed by atoms with Crippen molar-refractivity contribution in [3.8, 4) is 34.4 Å². The highest BCUT2D eigenvalue weighted by Gasteiger charge is 2.24. The second-order valence-electron chi connectivity index (χ2n) is 17.0. The van der Waals surface area contributed by atoms with E-state index in [1.807, 2.05) is 93.6 Å². The molecule has 2 aliphatic carbocycles. The van der Waals surface area contributed by atoms with Crippen molar-refractivity contribution >= 4 is 39.9 Å². The number of nitrogens with one attached hydrogen (secondary N) is 2. The van der Waals surface area contributed by atoms with Crippen LogP contribution in [-0.2, 0) is 11.3 Å². The Labute approximate surface area is 351 Å². The van der Waals surface area contributed by atoms with E-state index in [0.29, 0.717) is 44.8 Å². The molecule has 2 fully saturated rings. The number of ether oxygens (including phenoxy) is 1. The van der Waals surface area contributed by atoms with Crippen LogP contribution < -0.4 is 10.6 Å². The van der Waals surface area contributed by atoms with Crippen molar-refractivity contribution in [2.75, 3.05) is 10.6 Å². The highest BCUT2D eigenvalue weighted by atomic mass is 16.6. The number of rotatable bonds is 14. The van der Waals surface area contributed by atoms with Gasteiger partial charge in [-0.05, 0) is 135 Å². The van der Waals surface area contributed by atoms with Gasteiger partial charge in [0.1, 0.15) is 5.60 Å². The van der Waals surface area contributed by atoms with Gasteiger partial charge in [0, 0.05) is 45.4 Å². The summed E-state index contributed by atoms with van der Waals surface area (Å²) < 4.78 is 5.65. The van der Waals surface area contributed by atoms with Crippen molar-refractivity contribution < 1.29 is 19.1 Å². The zero-order chi connectivity index (χ0) is 41.6. The largest absolute Gasteiger partial charge is 0.456 e. The molecule has 0 saturated heterocycles. The summed E-state index contributed by atoms with van der Waals surface area (Å²) in [7, 11) is 0. The van der Waals surface area contributed by atoms with Gasteiger partial charge in [-0.15, -0.1) is 10.2 Å². The fraction of sp³-hybridized carbons (Fsp3) is 0.320. The average molecular weight is 799 g/mol. The summed E-state index contributed by atoms with van der Waals surface area (Å²) in [6, 6.07) is 31.4. The summed E-state index contributed by atoms with van der Waals surface area (Å²) in [5, 5.41) is 20.6. The second kappa shape index (κ2) is 17.7. The van der Waals surface area contributed by atoms with Crippen LogP contribution in [0.3, 0.4) is 0 Å². The Hall–Kier alpha value is -6.60. The first kappa shape index (κ1) is 40.2. The van der Waals surface area contributed by atoms with Crippen molar-refractivity contribution in [1.82, 2.24) is 20.2 Å². The fourth-order valence-corrected chi connectivity index (χ4v) is 7.33. The van der Waals surface area contributed by atoms with Gasteiger partial charge in [0.15, 0.2) is 0 Å². The maximum Gasteiger partial charge on any atom is 0.339 e. The summed E-state index contributed by atoms with van der Waals surface area (Å²) >= 11 is 0. The van der Waals surface area contributed by atoms with Crippen molar-refractivity contribution in [3.05, 3.63) is 125 Å². The van der Waals surface area contributed by atoms with Gasteiger partial charge in [0.25, 0.3) is 11.8 Å². The van der Waals surface area contributed by atoms with E-state index >= 15 is 0 Å². The van der Waals surface area contributed by atoms with Crippen molar-refractivity contribution in [2.24, 2.45) is 11.8 Å². The summed E-state index contributed by atoms with van der Waals surface area (Å²) in [6.07, 6.45) is 10.7. The standard InChI is InChI=1S/C50H50N6O4/c1-50(2,3)60-49(59)44-16-8-14-37-13-7-15-43(45(37)44)48(58)52-41-28-23-36(24-29-41)35-21-26-40(27-22-35)51-47(57)39-25-30-42(38(32-39)12-6-4-5-10-33-17-18-33)46-53-55-56(54-46)31-9-11-34-19-20-34/h7-8,13-16,21-30,32-34H,4-5,9-11,17-20,31H2,1-3H3,(H,51,57)(H,52,58). The molecule has 0 bridgehead atoms. The summed E-state index contributed by atoms with van der Waals surface area (Å²) in [5.74, 6) is 7.84. The smallest absolute Gasteiger partial charge is 0.339 e. The van der Waals surface area contributed by atoms with E-state index in [-0.39, 0.29) is 11.8 Å². The molecule has 60 heavy (non-hydrogen) atoms. The van der Waals surface area contributed by atoms with Crippen LogP contribution in [0.25, 0.3) is 33.3 Å². The molecule has 0 unspecified atom stereocenters. The van der Waals surface area contributed by atoms with E-state index in [1.165, 1.54) is 38.5 Å². The molecule has 1 aromatic heterocycles. The first-order valence-electron chi connectivity index (χ1n) is 21.1. The van der Waals surface area contributed by atoms with E-state index in [9.17, 15) is 14.4 Å². The molecule has 6 aromatic rings. The van der Waals surface area contributed by atoms with Crippen LogP contribution in [0.1, 0.15) is 115 Å². The molecule has 2 N–H and O–H groups in total. The van der Waals surface area contributed by atoms with Gasteiger partial charge in [-0.1, -0.05) is 86.1 Å². The minimum absolute atomic E-state index is 0.243. The SMILES string of the molecule is CC(C)(C)OC(=O)c1cccc2cccc(C(=O)Nc3ccc(-c4ccc(NC(=O)c5ccc(-c6nnn(CCCC7CC7)n6)c(C#CCCCC6CC6)c5)cc4)cc3)c12. The number of anilines is 2. The zero-order valence-electron chi connectivity index (χ0n) is 34.5. The fourth-order valence-electron chi connectivity index (χ4n) is 7.33. The number of aromatic nitrogens is 4. The Morgan fingerprint density at radius 1 is 0.750 bits per heavy atom. The number of fused-ring (bicyclic) bond motifs is 1. The lowest BCUT2D eigenvalue weighted by Gasteiger charge is -2.20. The normalized spacial score (nSPS) is 13.7. The highest BCUT2D eigenvalue weighted by Crippen LogP contribution is 2.34. The molecule has 10 nitrogen and oxygen atoms in total. The quantitative estimate of drug-likeness (QED) is 0.0638. The number of esters is 1. The molecule has 0 aliphatic heterocycles. The Balaban J connectivity index is 0.923. The van der Waals surface area contributed by atoms with Gasteiger partial charge in [-0.2, -0.15) is 4.80 Å². The summed E-state index contributed by atoms with van der Waals surface area (Å²) in [5.41, 5.74) is 5.16. The van der Waals surface area contributed by atoms with E-state index < -0.39 is 11.6 Å². The molecular weight excluding hydrogens is 749 g/mol. The highest BCUT2D eigenvalue weighted by molar-refractivity contribution is 6.18. The second-order valence-corrected chi connectivity index (χ2v) is 17.0. The van der Waals surface area contributed by atoms with E-state index in [1.54, 1.807) is 35.1 Å². The van der Waals surface area contributed by atoms with Gasteiger partial charge in [-0.3, -0.25) is 9.59 Å². The van der Waals surface area contributed by atoms with Gasteiger partial charge in [0.05, 0.1) is 12.1 Å². The number of hydrogen-bond acceptors (Lipinski definition) is 7. The number of hydrogen-bond donors (Lipinski definition) is 2. The Kier molecular flexibility index (Phi) is 11.9. The molecule has 2 amide bonds. The van der Waals surface area contributed by atoms with Crippen LogP contribution in [0.5, 0.6) is 0 Å². The molecule has 0 radical (unpaired) electrons. The molecule has 2 saturated carbocycles. The van der Waals surface area contributed by atoms with E-state index in [0.717, 1.165) is 59.7 Å². The van der Waals surface area contributed by atoms with Gasteiger partial charge >= 0.3 is 5.97 Å². The third-order valence-electron chi connectivity index (χ3n) is 10.9. The molecule has 8 rings (SSSR count). The van der Waals surface area contributed by atoms with Crippen LogP contribution in [0.15, 0.2) is 103 Å². The Bertz CT molecular complexity index is 2580. The Morgan fingerprint density at radius 3 is 2.00 bits per heavy atom. The Morgan fingerprint density at radius 2 is 1.37 bits per heavy atom. The topological polar surface area (TPSA) is 128 Å². The monoisotopic (exact) mass is 798 g/mol. The van der Waals surface area contributed by atoms with Gasteiger partial charge in [-0.25, -0.2) is 4.79 Å². The molecular formula is C50H50N6O4. The molecule has 2 aliphatic rings. The van der Waals surface area contributed by atoms with Gasteiger partial charge in [0.2, 0.25) is 5.82 Å². The lowest BCUT2D eigenvalue weighted by atomic mass is 9.98. The average Bonchev–Trinajstić information content (AvgIpc) is 4.19. The summed E-state index contributed by atoms with van der Waals surface area (Å²) in [6.45, 7) is 6.18. The van der Waals surface area contributed by atoms with Crippen LogP contribution in [-0.4, -0.2) is 43.6 Å². The van der Waals surface area contributed by atoms with E-state index in [4.69, 9.17) is 4.74 Å². The molecule has 0 atom stereocenters. The minimum Gasteiger partial charge on any atom is -0.456 e. The van der Waals surface area contributed by atoms with Crippen LogP contribution in [0, 0.1) is 23.7 Å². The predicted molar refractivity (Wildman–Crippen MR) is 236 cm³/mol. The first-order chi connectivity index (χ1) is 29.1. The van der Waals surface area contributed by atoms with Gasteiger partial charge < -0.3 is 15.4 Å². The third-order valence-corrected chi connectivity index (χ3v) is 10.9. The van der Waals surface area contributed by atoms with E-state index in [2.05, 4.69) is 37.9 Å². The number of amides is 2. The lowest BCUT2D eigenvalue weighted by molar-refractivity contribution is 0.00716. The molecule has 5 aromatic carbocycles. The van der Waals surface area contributed by atoms with Crippen LogP contribution in [0.4, 0.5) is 11.4 Å². The third kappa shape index (κ3) is 10.3. The first-order valence-corrected chi connectivity index (χ1v) is 21.1. The molecule has 1 heterocycles. The molecule has 10 heteroatoms. The minimum atomic E-state index is -0.676. The number of unbranched alkanes of at least 4 members (excludes halogenated alkanes) is 1. The number of carbonyl (C=O) groups excluding carboxylic acids is 3. The number of tetrazole rings is 1.